The third kappa shape index (κ3) is 4.86. The number of likely N-dealkylation sites (N-methyl/N-ethyl adjacent to an activating group) is 1. The monoisotopic (exact) mass is 531 g/mol. The first kappa shape index (κ1) is 27.2. The highest BCUT2D eigenvalue weighted by atomic mass is 19.1. The Hall–Kier alpha value is -3.83. The van der Waals surface area contributed by atoms with Crippen LogP contribution >= 0.6 is 0 Å². The van der Waals surface area contributed by atoms with Crippen molar-refractivity contribution >= 4 is 17.7 Å². The Bertz CT molecular complexity index is 1360. The number of aromatic hydroxyl groups is 1. The Balaban J connectivity index is 1.71. The molecule has 2 aliphatic heterocycles. The van der Waals surface area contributed by atoms with Crippen LogP contribution in [-0.2, 0) is 28.2 Å². The third-order valence-electron chi connectivity index (χ3n) is 7.55. The van der Waals surface area contributed by atoms with Crippen LogP contribution in [0.1, 0.15) is 67.0 Å². The lowest BCUT2D eigenvalue weighted by Crippen LogP contribution is -2.55. The van der Waals surface area contributed by atoms with Gasteiger partial charge in [0.2, 0.25) is 5.75 Å². The van der Waals surface area contributed by atoms with Gasteiger partial charge in [0.1, 0.15) is 17.3 Å². The number of aromatic nitrogens is 2. The van der Waals surface area contributed by atoms with Gasteiger partial charge in [-0.05, 0) is 63.6 Å². The predicted octanol–water partition coefficient (Wildman–Crippen LogP) is 1.80. The third-order valence-corrected chi connectivity index (χ3v) is 7.55. The molecule has 1 fully saturated rings. The molecule has 3 heterocycles. The number of hydrogen-bond acceptors (Lipinski definition) is 6. The molecule has 0 spiro atoms. The van der Waals surface area contributed by atoms with Crippen molar-refractivity contribution in [2.24, 2.45) is 0 Å². The van der Waals surface area contributed by atoms with Crippen LogP contribution in [0.25, 0.3) is 0 Å². The van der Waals surface area contributed by atoms with Crippen molar-refractivity contribution in [3.8, 4) is 5.75 Å². The van der Waals surface area contributed by atoms with Gasteiger partial charge in [-0.25, -0.2) is 13.8 Å². The van der Waals surface area contributed by atoms with Crippen molar-refractivity contribution in [2.45, 2.75) is 76.8 Å². The lowest BCUT2D eigenvalue weighted by atomic mass is 9.76. The maximum atomic E-state index is 15.6. The van der Waals surface area contributed by atoms with Crippen LogP contribution in [0.2, 0.25) is 0 Å². The van der Waals surface area contributed by atoms with Gasteiger partial charge in [0, 0.05) is 19.6 Å². The predicted molar refractivity (Wildman–Crippen MR) is 133 cm³/mol. The SMILES string of the molecule is Cc1cc(CNC(=O)c2nc3n(c(=O)c2O)CC2(F)CCC3(NC(=O)C(=O)N(C)C(C)C)CC2)ccc1F. The average molecular weight is 532 g/mol. The zero-order chi connectivity index (χ0) is 28.0. The van der Waals surface area contributed by atoms with Crippen LogP contribution in [0.3, 0.4) is 0 Å². The lowest BCUT2D eigenvalue weighted by Gasteiger charge is -2.39. The number of carbonyl (C=O) groups excluding carboxylic acids is 3. The standard InChI is InChI=1S/C26H31F2N5O5/c1-14(2)32(4)23(38)21(36)31-26-9-7-25(28,8-10-26)13-33-22(37)19(34)18(30-24(26)33)20(35)29-12-16-5-6-17(27)15(3)11-16/h5-6,11,14,34H,7-10,12-13H2,1-4H3,(H,29,35)(H,31,36). The van der Waals surface area contributed by atoms with Gasteiger partial charge in [0.15, 0.2) is 5.69 Å². The smallest absolute Gasteiger partial charge is 0.311 e. The highest BCUT2D eigenvalue weighted by Crippen LogP contribution is 2.46. The minimum Gasteiger partial charge on any atom is -0.501 e. The molecule has 3 aliphatic rings. The Labute approximate surface area is 218 Å². The molecule has 38 heavy (non-hydrogen) atoms. The van der Waals surface area contributed by atoms with Gasteiger partial charge in [-0.3, -0.25) is 23.7 Å². The highest BCUT2D eigenvalue weighted by molar-refractivity contribution is 6.35. The van der Waals surface area contributed by atoms with E-state index in [-0.39, 0.29) is 44.1 Å². The quantitative estimate of drug-likeness (QED) is 0.504. The minimum atomic E-state index is -1.78. The second kappa shape index (κ2) is 9.80. The fourth-order valence-electron chi connectivity index (χ4n) is 4.93. The molecule has 2 aromatic rings. The van der Waals surface area contributed by atoms with Crippen molar-refractivity contribution < 1.29 is 28.3 Å². The molecule has 1 aromatic carbocycles. The molecule has 10 nitrogen and oxygen atoms in total. The second-order valence-corrected chi connectivity index (χ2v) is 10.5. The largest absolute Gasteiger partial charge is 0.501 e. The molecule has 0 radical (unpaired) electrons. The topological polar surface area (TPSA) is 134 Å². The van der Waals surface area contributed by atoms with Gasteiger partial charge in [-0.1, -0.05) is 12.1 Å². The van der Waals surface area contributed by atoms with Crippen molar-refractivity contribution in [3.63, 3.8) is 0 Å². The lowest BCUT2D eigenvalue weighted by molar-refractivity contribution is -0.147. The molecule has 3 N–H and O–H groups in total. The van der Waals surface area contributed by atoms with Crippen LogP contribution in [0.15, 0.2) is 23.0 Å². The Kier molecular flexibility index (Phi) is 7.02. The minimum absolute atomic E-state index is 0.0174. The van der Waals surface area contributed by atoms with E-state index in [9.17, 15) is 28.7 Å². The van der Waals surface area contributed by atoms with Gasteiger partial charge >= 0.3 is 11.8 Å². The highest BCUT2D eigenvalue weighted by Gasteiger charge is 2.52. The molecular weight excluding hydrogens is 500 g/mol. The van der Waals surface area contributed by atoms with Gasteiger partial charge in [0.05, 0.1) is 12.1 Å². The summed E-state index contributed by atoms with van der Waals surface area (Å²) >= 11 is 0. The fraction of sp³-hybridized carbons (Fsp3) is 0.500. The summed E-state index contributed by atoms with van der Waals surface area (Å²) in [6.07, 6.45) is 0.0507. The molecule has 12 heteroatoms. The van der Waals surface area contributed by atoms with E-state index in [1.807, 2.05) is 0 Å². The van der Waals surface area contributed by atoms with Crippen molar-refractivity contribution in [1.29, 1.82) is 0 Å². The number of nitrogens with zero attached hydrogens (tertiary/aromatic N) is 3. The summed E-state index contributed by atoms with van der Waals surface area (Å²) in [7, 11) is 1.48. The summed E-state index contributed by atoms with van der Waals surface area (Å²) in [5.41, 5.74) is -3.82. The summed E-state index contributed by atoms with van der Waals surface area (Å²) in [5.74, 6) is -4.08. The molecule has 5 rings (SSSR count). The maximum absolute atomic E-state index is 15.6. The van der Waals surface area contributed by atoms with E-state index in [2.05, 4.69) is 15.6 Å². The molecule has 3 amide bonds. The molecule has 1 aromatic heterocycles. The molecule has 204 valence electrons. The average Bonchev–Trinajstić information content (AvgIpc) is 3.07. The zero-order valence-corrected chi connectivity index (χ0v) is 21.7. The number of alkyl halides is 1. The van der Waals surface area contributed by atoms with Gasteiger partial charge in [0.25, 0.3) is 11.5 Å². The number of nitrogens with one attached hydrogen (secondary N) is 2. The number of hydrogen-bond donors (Lipinski definition) is 3. The Morgan fingerprint density at radius 3 is 2.47 bits per heavy atom. The molecule has 1 aliphatic carbocycles. The zero-order valence-electron chi connectivity index (χ0n) is 21.7. The number of rotatable bonds is 5. The van der Waals surface area contributed by atoms with Crippen molar-refractivity contribution in [3.05, 3.63) is 57.0 Å². The van der Waals surface area contributed by atoms with Gasteiger partial charge in [-0.15, -0.1) is 0 Å². The summed E-state index contributed by atoms with van der Waals surface area (Å²) in [6.45, 7) is 4.61. The number of amides is 3. The van der Waals surface area contributed by atoms with E-state index >= 15 is 4.39 Å². The van der Waals surface area contributed by atoms with E-state index < -0.39 is 58.3 Å². The van der Waals surface area contributed by atoms with E-state index in [1.165, 1.54) is 24.1 Å². The summed E-state index contributed by atoms with van der Waals surface area (Å²) in [6, 6.07) is 4.03. The molecular formula is C26H31F2N5O5. The van der Waals surface area contributed by atoms with Gasteiger partial charge in [-0.2, -0.15) is 0 Å². The molecule has 0 saturated heterocycles. The Morgan fingerprint density at radius 1 is 1.21 bits per heavy atom. The van der Waals surface area contributed by atoms with E-state index in [0.29, 0.717) is 11.1 Å². The van der Waals surface area contributed by atoms with E-state index in [0.717, 1.165) is 4.57 Å². The van der Waals surface area contributed by atoms with Crippen LogP contribution in [0.4, 0.5) is 8.78 Å². The first-order chi connectivity index (χ1) is 17.8. The number of benzene rings is 1. The molecule has 0 unspecified atom stereocenters. The second-order valence-electron chi connectivity index (χ2n) is 10.5. The molecule has 2 bridgehead atoms. The number of carbonyl (C=O) groups is 3. The normalized spacial score (nSPS) is 22.0. The van der Waals surface area contributed by atoms with Crippen molar-refractivity contribution in [1.82, 2.24) is 25.1 Å². The summed E-state index contributed by atoms with van der Waals surface area (Å²) in [4.78, 5) is 57.3. The first-order valence-electron chi connectivity index (χ1n) is 12.4. The van der Waals surface area contributed by atoms with Gasteiger partial charge < -0.3 is 20.6 Å². The summed E-state index contributed by atoms with van der Waals surface area (Å²) in [5, 5.41) is 15.8. The van der Waals surface area contributed by atoms with E-state index in [4.69, 9.17) is 0 Å². The van der Waals surface area contributed by atoms with Crippen LogP contribution < -0.4 is 16.2 Å². The number of fused-ring (bicyclic) bond motifs is 2. The number of halogens is 2. The molecule has 0 atom stereocenters. The van der Waals surface area contributed by atoms with Crippen LogP contribution in [-0.4, -0.2) is 56.0 Å². The summed E-state index contributed by atoms with van der Waals surface area (Å²) < 4.78 is 30.1. The fourth-order valence-corrected chi connectivity index (χ4v) is 4.93. The van der Waals surface area contributed by atoms with Crippen molar-refractivity contribution in [2.75, 3.05) is 7.05 Å². The van der Waals surface area contributed by atoms with Crippen LogP contribution in [0, 0.1) is 12.7 Å². The van der Waals surface area contributed by atoms with Crippen LogP contribution in [0.5, 0.6) is 5.75 Å². The molecule has 1 saturated carbocycles. The van der Waals surface area contributed by atoms with E-state index in [1.54, 1.807) is 26.8 Å². The number of aryl methyl sites for hydroxylation is 1. The maximum Gasteiger partial charge on any atom is 0.311 e. The Morgan fingerprint density at radius 2 is 1.87 bits per heavy atom. The first-order valence-corrected chi connectivity index (χ1v) is 12.4.